The van der Waals surface area contributed by atoms with Gasteiger partial charge in [-0.05, 0) is 84.8 Å². The lowest BCUT2D eigenvalue weighted by Crippen LogP contribution is -2.55. The van der Waals surface area contributed by atoms with E-state index in [1.165, 1.54) is 36.0 Å². The summed E-state index contributed by atoms with van der Waals surface area (Å²) in [5.74, 6) is -1.29. The second kappa shape index (κ2) is 25.2. The van der Waals surface area contributed by atoms with Crippen LogP contribution in [0.4, 0.5) is 0 Å². The molecule has 8 nitrogen and oxygen atoms in total. The minimum atomic E-state index is -1.66. The molecule has 0 aromatic heterocycles. The molecule has 0 spiro atoms. The van der Waals surface area contributed by atoms with Crippen LogP contribution in [0.3, 0.4) is 0 Å². The first kappa shape index (κ1) is 57.2. The van der Waals surface area contributed by atoms with Crippen LogP contribution in [0.5, 0.6) is 0 Å². The third kappa shape index (κ3) is 9.15. The van der Waals surface area contributed by atoms with Gasteiger partial charge in [0, 0.05) is 123 Å². The third-order valence-electron chi connectivity index (χ3n) is 14.5. The maximum Gasteiger partial charge on any atom is 0.373 e. The van der Waals surface area contributed by atoms with Gasteiger partial charge >= 0.3 is 18.1 Å². The van der Waals surface area contributed by atoms with E-state index in [2.05, 4.69) is 124 Å². The van der Waals surface area contributed by atoms with Crippen molar-refractivity contribution in [2.75, 3.05) is 7.11 Å². The van der Waals surface area contributed by atoms with Crippen LogP contribution in [0.1, 0.15) is 51.4 Å². The molecule has 0 atom stereocenters. The first-order chi connectivity index (χ1) is 37.7. The van der Waals surface area contributed by atoms with Gasteiger partial charge in [0.05, 0.1) is 7.11 Å². The number of fused-ring (bicyclic) bond motifs is 12. The number of ether oxygens (including phenoxy) is 2. The van der Waals surface area contributed by atoms with Crippen LogP contribution in [0.25, 0.3) is 44.5 Å². The summed E-state index contributed by atoms with van der Waals surface area (Å²) in [5, 5.41) is 11.1. The van der Waals surface area contributed by atoms with Gasteiger partial charge in [-0.1, -0.05) is 194 Å². The number of carboxylic acids is 1. The number of esters is 1. The van der Waals surface area contributed by atoms with Crippen LogP contribution in [0.2, 0.25) is 0 Å². The van der Waals surface area contributed by atoms with E-state index in [-0.39, 0.29) is 12.1 Å². The molecule has 4 aliphatic carbocycles. The van der Waals surface area contributed by atoms with Crippen molar-refractivity contribution in [1.82, 2.24) is 0 Å². The fraction of sp³-hybridized carbons (Fsp3) is 0.103. The Labute approximate surface area is 484 Å². The molecule has 0 aliphatic heterocycles. The van der Waals surface area contributed by atoms with Gasteiger partial charge in [0.1, 0.15) is 5.41 Å². The van der Waals surface area contributed by atoms with Gasteiger partial charge < -0.3 is 14.6 Å². The smallest absolute Gasteiger partial charge is 0.373 e. The van der Waals surface area contributed by atoms with Crippen LogP contribution in [0.15, 0.2) is 194 Å². The summed E-state index contributed by atoms with van der Waals surface area (Å²) in [6.45, 7) is 2.60. The molecule has 386 valence electrons. The number of hydrogen-bond acceptors (Lipinski definition) is 11. The summed E-state index contributed by atoms with van der Waals surface area (Å²) in [6.07, 6.45) is 0.250. The Kier molecular flexibility index (Phi) is 18.7. The summed E-state index contributed by atoms with van der Waals surface area (Å²) in [7, 11) is 12.4. The van der Waals surface area contributed by atoms with Gasteiger partial charge in [0.25, 0.3) is 6.47 Å². The number of carbonyl (C=O) groups is 3. The SMILES string of the molecule is COC(=O)C1(C2(C)c3ccccc3-c3ccccc32)c2ccccc2-c2ccccc21.O=C=O.O=COC1(C2(C(=O)O)c3ccccc3-c3ccccc32)c2ccccc2-c2ccccc21.S=S.S=S=S=S=S=S=S=S=S. The van der Waals surface area contributed by atoms with Crippen LogP contribution in [-0.2, 0) is 162 Å². The van der Waals surface area contributed by atoms with Gasteiger partial charge in [-0.25, -0.2) is 0 Å². The number of carbonyl (C=O) groups excluding carboxylic acids is 4. The Morgan fingerprint density at radius 2 is 0.701 bits per heavy atom. The standard InChI is InChI=1S/C29H22O2.C28H18O4.CO2.S9.S2/c1-28(23-15-7-3-11-19(23)20-12-4-8-16-24(20)28)29(27(30)31-2)25-17-9-5-13-21(25)22-14-6-10-18-26(22)29;29-17-32-28(24-15-7-3-11-20(24)21-12-4-8-16-25(21)28)27(26(30)31)22-13-5-1-9-18(22)19-10-2-6-14-23(19)27;2-1-3;1-3-5-7-9-8-6-4-2;1-2/h3-18H,1-2H3;1-17H,(H,30,31);;;. The number of aliphatic carboxylic acids is 1. The zero-order valence-electron chi connectivity index (χ0n) is 40.3. The summed E-state index contributed by atoms with van der Waals surface area (Å²) < 4.78 is 11.7. The van der Waals surface area contributed by atoms with E-state index >= 15 is 0 Å². The predicted molar refractivity (Wildman–Crippen MR) is 329 cm³/mol. The molecule has 8 aromatic carbocycles. The molecule has 19 heteroatoms. The lowest BCUT2D eigenvalue weighted by Gasteiger charge is -2.45. The molecule has 77 heavy (non-hydrogen) atoms. The third-order valence-corrected chi connectivity index (χ3v) is 27.8. The topological polar surface area (TPSA) is 124 Å². The molecule has 12 rings (SSSR count). The van der Waals surface area contributed by atoms with E-state index < -0.39 is 27.8 Å². The highest BCUT2D eigenvalue weighted by atomic mass is 33.4. The molecule has 1 N–H and O–H groups in total. The van der Waals surface area contributed by atoms with Crippen LogP contribution < -0.4 is 0 Å². The highest BCUT2D eigenvalue weighted by Crippen LogP contribution is 2.67. The Hall–Kier alpha value is -6.03. The zero-order chi connectivity index (χ0) is 54.8. The van der Waals surface area contributed by atoms with Crippen molar-refractivity contribution in [3.05, 3.63) is 239 Å². The molecule has 0 amide bonds. The number of hydrogen-bond donors (Lipinski definition) is 1. The first-order valence-electron chi connectivity index (χ1n) is 22.9. The van der Waals surface area contributed by atoms with E-state index in [1.54, 1.807) is 44.4 Å². The molecule has 0 radical (unpaired) electrons. The second-order valence-corrected chi connectivity index (χ2v) is 29.6. The first-order valence-corrected chi connectivity index (χ1v) is 34.9. The minimum Gasteiger partial charge on any atom is -0.480 e. The van der Waals surface area contributed by atoms with Crippen molar-refractivity contribution in [2.24, 2.45) is 0 Å². The molecule has 0 saturated carbocycles. The Morgan fingerprint density at radius 3 is 0.987 bits per heavy atom. The summed E-state index contributed by atoms with van der Waals surface area (Å²) in [5.41, 5.74) is 10.0. The predicted octanol–water partition coefficient (Wildman–Crippen LogP) is 10.6. The second-order valence-electron chi connectivity index (χ2n) is 17.2. The van der Waals surface area contributed by atoms with Crippen molar-refractivity contribution in [3.8, 4) is 44.5 Å². The lowest BCUT2D eigenvalue weighted by atomic mass is 9.55. The summed E-state index contributed by atoms with van der Waals surface area (Å²) in [6, 6.07) is 63.7. The molecular weight excluding hydrogens is 1180 g/mol. The Balaban J connectivity index is 0.000000165. The van der Waals surface area contributed by atoms with Gasteiger partial charge in [-0.2, -0.15) is 9.59 Å². The van der Waals surface area contributed by atoms with Gasteiger partial charge in [-0.15, -0.1) is 0 Å². The van der Waals surface area contributed by atoms with Crippen LogP contribution >= 0.6 is 0 Å². The maximum absolute atomic E-state index is 14.1. The van der Waals surface area contributed by atoms with E-state index in [9.17, 15) is 19.5 Å². The van der Waals surface area contributed by atoms with Gasteiger partial charge in [0.2, 0.25) is 0 Å². The van der Waals surface area contributed by atoms with E-state index in [4.69, 9.17) is 19.1 Å². The number of benzene rings is 8. The van der Waals surface area contributed by atoms with Gasteiger partial charge in [0.15, 0.2) is 11.0 Å². The fourth-order valence-electron chi connectivity index (χ4n) is 12.1. The Morgan fingerprint density at radius 1 is 0.455 bits per heavy atom. The largest absolute Gasteiger partial charge is 0.480 e. The molecule has 0 bridgehead atoms. The van der Waals surface area contributed by atoms with Crippen molar-refractivity contribution >= 4 is 131 Å². The normalized spacial score (nSPS) is 13.9. The zero-order valence-corrected chi connectivity index (χ0v) is 49.3. The fourth-order valence-corrected chi connectivity index (χ4v) is 25.9. The van der Waals surface area contributed by atoms with Crippen molar-refractivity contribution in [3.63, 3.8) is 0 Å². The average molecular weight is 1220 g/mol. The maximum atomic E-state index is 14.1. The molecule has 0 unspecified atom stereocenters. The minimum absolute atomic E-state index is 0.223. The number of carboxylic acid groups (broad SMARTS) is 1. The monoisotopic (exact) mass is 1220 g/mol. The van der Waals surface area contributed by atoms with Gasteiger partial charge in [-0.3, -0.25) is 14.4 Å². The molecule has 4 aliphatic rings. The van der Waals surface area contributed by atoms with E-state index in [1.807, 2.05) is 121 Å². The van der Waals surface area contributed by atoms with Crippen LogP contribution in [0, 0.1) is 0 Å². The molecule has 0 heterocycles. The van der Waals surface area contributed by atoms with Crippen molar-refractivity contribution in [1.29, 1.82) is 0 Å². The summed E-state index contributed by atoms with van der Waals surface area (Å²) >= 11 is 16.6. The summed E-state index contributed by atoms with van der Waals surface area (Å²) in [4.78, 5) is 56.0. The molecule has 8 aromatic rings. The van der Waals surface area contributed by atoms with Crippen molar-refractivity contribution < 1.29 is 38.6 Å². The highest BCUT2D eigenvalue weighted by Gasteiger charge is 2.69. The number of methoxy groups -OCH3 is 1. The number of rotatable bonds is 6. The van der Waals surface area contributed by atoms with Crippen LogP contribution in [-0.4, -0.2) is 36.8 Å². The lowest BCUT2D eigenvalue weighted by molar-refractivity contribution is -0.191. The van der Waals surface area contributed by atoms with Crippen molar-refractivity contribution in [2.45, 2.75) is 28.8 Å². The molecule has 0 saturated heterocycles. The molecular formula is C58H40O8S11. The molecule has 0 fully saturated rings. The highest BCUT2D eigenvalue weighted by molar-refractivity contribution is 8.72. The average Bonchev–Trinajstić information content (AvgIpc) is 4.37. The quantitative estimate of drug-likeness (QED) is 0.126. The Bertz CT molecular complexity index is 3790. The van der Waals surface area contributed by atoms with E-state index in [0.717, 1.165) is 55.6 Å². The van der Waals surface area contributed by atoms with E-state index in [0.29, 0.717) is 28.7 Å².